The van der Waals surface area contributed by atoms with Crippen molar-refractivity contribution in [2.45, 2.75) is 12.8 Å². The van der Waals surface area contributed by atoms with Gasteiger partial charge in [0.2, 0.25) is 5.91 Å². The highest BCUT2D eigenvalue weighted by Gasteiger charge is 2.16. The van der Waals surface area contributed by atoms with Crippen LogP contribution in [-0.2, 0) is 11.2 Å². The molecule has 4 aromatic rings. The SMILES string of the molecule is COc1cc2c(Nc3cc(CC(=O)Nc4cc(F)cc(F)c4)[nH]n3)ncnc2cc1OCCCN1CCN(C)CC1. The average molecular weight is 567 g/mol. The number of halogens is 2. The van der Waals surface area contributed by atoms with Gasteiger partial charge in [-0.3, -0.25) is 9.89 Å². The van der Waals surface area contributed by atoms with Crippen molar-refractivity contribution in [2.24, 2.45) is 0 Å². The molecular formula is C28H32F2N8O3. The number of fused-ring (bicyclic) bond motifs is 1. The van der Waals surface area contributed by atoms with Gasteiger partial charge in [-0.1, -0.05) is 0 Å². The van der Waals surface area contributed by atoms with Crippen molar-refractivity contribution in [3.8, 4) is 11.5 Å². The molecule has 41 heavy (non-hydrogen) atoms. The molecule has 1 fully saturated rings. The Hall–Kier alpha value is -4.36. The number of hydrogen-bond acceptors (Lipinski definition) is 9. The summed E-state index contributed by atoms with van der Waals surface area (Å²) < 4.78 is 38.4. The predicted octanol–water partition coefficient (Wildman–Crippen LogP) is 3.58. The molecule has 3 heterocycles. The fourth-order valence-electron chi connectivity index (χ4n) is 4.62. The summed E-state index contributed by atoms with van der Waals surface area (Å²) in [5, 5.41) is 13.3. The Morgan fingerprint density at radius 1 is 1.02 bits per heavy atom. The Bertz CT molecular complexity index is 1490. The first kappa shape index (κ1) is 28.2. The van der Waals surface area contributed by atoms with E-state index < -0.39 is 17.5 Å². The highest BCUT2D eigenvalue weighted by Crippen LogP contribution is 2.34. The highest BCUT2D eigenvalue weighted by molar-refractivity contribution is 5.93. The van der Waals surface area contributed by atoms with Gasteiger partial charge in [-0.15, -0.1) is 0 Å². The fraction of sp³-hybridized carbons (Fsp3) is 0.357. The first-order chi connectivity index (χ1) is 19.9. The van der Waals surface area contributed by atoms with Crippen LogP contribution in [0.4, 0.5) is 26.1 Å². The van der Waals surface area contributed by atoms with Crippen LogP contribution in [0.15, 0.2) is 42.7 Å². The predicted molar refractivity (Wildman–Crippen MR) is 151 cm³/mol. The minimum atomic E-state index is -0.776. The van der Waals surface area contributed by atoms with Crippen molar-refractivity contribution in [2.75, 3.05) is 64.1 Å². The summed E-state index contributed by atoms with van der Waals surface area (Å²) in [6.45, 7) is 5.86. The normalized spacial score (nSPS) is 14.2. The van der Waals surface area contributed by atoms with Gasteiger partial charge in [0, 0.05) is 67.7 Å². The first-order valence-electron chi connectivity index (χ1n) is 13.3. The molecule has 216 valence electrons. The average Bonchev–Trinajstić information content (AvgIpc) is 3.37. The second-order valence-corrected chi connectivity index (χ2v) is 9.88. The third-order valence-corrected chi connectivity index (χ3v) is 6.77. The van der Waals surface area contributed by atoms with Crippen molar-refractivity contribution in [1.82, 2.24) is 30.0 Å². The molecule has 0 unspecified atom stereocenters. The molecule has 2 aromatic heterocycles. The van der Waals surface area contributed by atoms with E-state index in [2.05, 4.69) is 47.6 Å². The minimum absolute atomic E-state index is 0.0325. The molecule has 2 aromatic carbocycles. The number of benzene rings is 2. The van der Waals surface area contributed by atoms with Gasteiger partial charge in [-0.2, -0.15) is 5.10 Å². The van der Waals surface area contributed by atoms with E-state index in [4.69, 9.17) is 9.47 Å². The second-order valence-electron chi connectivity index (χ2n) is 9.88. The van der Waals surface area contributed by atoms with E-state index in [1.54, 1.807) is 13.2 Å². The van der Waals surface area contributed by atoms with E-state index in [9.17, 15) is 13.6 Å². The zero-order chi connectivity index (χ0) is 28.8. The molecule has 1 aliphatic heterocycles. The van der Waals surface area contributed by atoms with Crippen molar-refractivity contribution < 1.29 is 23.0 Å². The maximum atomic E-state index is 13.4. The number of anilines is 3. The van der Waals surface area contributed by atoms with E-state index in [1.165, 1.54) is 6.33 Å². The maximum absolute atomic E-state index is 13.4. The van der Waals surface area contributed by atoms with E-state index >= 15 is 0 Å². The number of carbonyl (C=O) groups is 1. The summed E-state index contributed by atoms with van der Waals surface area (Å²) >= 11 is 0. The smallest absolute Gasteiger partial charge is 0.230 e. The van der Waals surface area contributed by atoms with Gasteiger partial charge < -0.3 is 29.9 Å². The summed E-state index contributed by atoms with van der Waals surface area (Å²) in [6.07, 6.45) is 2.26. The Morgan fingerprint density at radius 2 is 1.80 bits per heavy atom. The number of amides is 1. The van der Waals surface area contributed by atoms with Crippen LogP contribution >= 0.6 is 0 Å². The number of hydrogen-bond donors (Lipinski definition) is 3. The van der Waals surface area contributed by atoms with Crippen LogP contribution in [0.1, 0.15) is 12.1 Å². The Labute approximate surface area is 235 Å². The number of carbonyl (C=O) groups excluding carboxylic acids is 1. The van der Waals surface area contributed by atoms with Crippen LogP contribution in [0.25, 0.3) is 10.9 Å². The van der Waals surface area contributed by atoms with Crippen LogP contribution < -0.4 is 20.1 Å². The van der Waals surface area contributed by atoms with Crippen LogP contribution in [0.2, 0.25) is 0 Å². The van der Waals surface area contributed by atoms with E-state index in [-0.39, 0.29) is 12.1 Å². The van der Waals surface area contributed by atoms with Gasteiger partial charge in [0.1, 0.15) is 23.8 Å². The lowest BCUT2D eigenvalue weighted by molar-refractivity contribution is -0.115. The number of ether oxygens (including phenoxy) is 2. The molecule has 5 rings (SSSR count). The van der Waals surface area contributed by atoms with E-state index in [0.717, 1.165) is 57.3 Å². The van der Waals surface area contributed by atoms with Crippen molar-refractivity contribution >= 4 is 34.1 Å². The first-order valence-corrected chi connectivity index (χ1v) is 13.3. The Morgan fingerprint density at radius 3 is 2.56 bits per heavy atom. The number of likely N-dealkylation sites (N-methyl/N-ethyl adjacent to an activating group) is 1. The molecule has 0 radical (unpaired) electrons. The number of aromatic amines is 1. The Kier molecular flexibility index (Phi) is 8.85. The van der Waals surface area contributed by atoms with Crippen LogP contribution in [0.3, 0.4) is 0 Å². The number of H-pyrrole nitrogens is 1. The van der Waals surface area contributed by atoms with Crippen molar-refractivity contribution in [3.63, 3.8) is 0 Å². The molecule has 0 bridgehead atoms. The third kappa shape index (κ3) is 7.44. The second kappa shape index (κ2) is 12.9. The summed E-state index contributed by atoms with van der Waals surface area (Å²) in [5.74, 6) is 0.0696. The topological polar surface area (TPSA) is 121 Å². The molecule has 11 nitrogen and oxygen atoms in total. The molecule has 1 amide bonds. The molecule has 1 aliphatic rings. The number of nitrogens with one attached hydrogen (secondary N) is 3. The number of rotatable bonds is 11. The van der Waals surface area contributed by atoms with Gasteiger partial charge >= 0.3 is 0 Å². The van der Waals surface area contributed by atoms with Gasteiger partial charge in [0.25, 0.3) is 0 Å². The molecular weight excluding hydrogens is 534 g/mol. The van der Waals surface area contributed by atoms with Gasteiger partial charge in [-0.05, 0) is 31.7 Å². The summed E-state index contributed by atoms with van der Waals surface area (Å²) in [7, 11) is 3.73. The summed E-state index contributed by atoms with van der Waals surface area (Å²) in [5.41, 5.74) is 1.19. The number of methoxy groups -OCH3 is 1. The third-order valence-electron chi connectivity index (χ3n) is 6.77. The van der Waals surface area contributed by atoms with Crippen LogP contribution in [0.5, 0.6) is 11.5 Å². The van der Waals surface area contributed by atoms with Crippen LogP contribution in [0, 0.1) is 11.6 Å². The number of piperazine rings is 1. The largest absolute Gasteiger partial charge is 0.493 e. The van der Waals surface area contributed by atoms with E-state index in [1.807, 2.05) is 12.1 Å². The van der Waals surface area contributed by atoms with Crippen molar-refractivity contribution in [1.29, 1.82) is 0 Å². The molecule has 0 saturated carbocycles. The monoisotopic (exact) mass is 566 g/mol. The lowest BCUT2D eigenvalue weighted by Crippen LogP contribution is -2.44. The zero-order valence-corrected chi connectivity index (χ0v) is 22.9. The molecule has 13 heteroatoms. The van der Waals surface area contributed by atoms with Gasteiger partial charge in [0.05, 0.1) is 25.7 Å². The lowest BCUT2D eigenvalue weighted by Gasteiger charge is -2.32. The van der Waals surface area contributed by atoms with Crippen LogP contribution in [-0.4, -0.2) is 89.4 Å². The quantitative estimate of drug-likeness (QED) is 0.234. The molecule has 3 N–H and O–H groups in total. The van der Waals surface area contributed by atoms with E-state index in [0.29, 0.717) is 46.3 Å². The lowest BCUT2D eigenvalue weighted by atomic mass is 10.2. The molecule has 1 saturated heterocycles. The molecule has 0 aliphatic carbocycles. The highest BCUT2D eigenvalue weighted by atomic mass is 19.1. The zero-order valence-electron chi connectivity index (χ0n) is 22.9. The molecule has 0 spiro atoms. The van der Waals surface area contributed by atoms with Gasteiger partial charge in [0.15, 0.2) is 17.3 Å². The number of aromatic nitrogens is 4. The maximum Gasteiger partial charge on any atom is 0.230 e. The number of nitrogens with zero attached hydrogens (tertiary/aromatic N) is 5. The fourth-order valence-corrected chi connectivity index (χ4v) is 4.62. The Balaban J connectivity index is 1.21. The molecule has 0 atom stereocenters. The van der Waals surface area contributed by atoms with Gasteiger partial charge in [-0.25, -0.2) is 18.7 Å². The summed E-state index contributed by atoms with van der Waals surface area (Å²) in [4.78, 5) is 25.9. The van der Waals surface area contributed by atoms with Crippen molar-refractivity contribution in [3.05, 3.63) is 60.1 Å². The standard InChI is InChI=1S/C28H32F2N8O3/c1-37-5-7-38(8-6-37)4-3-9-41-25-16-23-22(15-24(25)40-2)28(32-17-31-23)34-26-13-21(35-36-26)14-27(39)33-20-11-18(29)10-19(30)12-20/h10-13,15-17H,3-9,14H2,1-2H3,(H,33,39)(H2,31,32,34,35,36). The minimum Gasteiger partial charge on any atom is -0.493 e. The summed E-state index contributed by atoms with van der Waals surface area (Å²) in [6, 6.07) is 8.11.